The van der Waals surface area contributed by atoms with Crippen LogP contribution in [0.5, 0.6) is 0 Å². The molecule has 0 heterocycles. The van der Waals surface area contributed by atoms with Crippen LogP contribution in [0.2, 0.25) is 0 Å². The molecule has 0 spiro atoms. The second-order valence-corrected chi connectivity index (χ2v) is 6.66. The van der Waals surface area contributed by atoms with Crippen LogP contribution in [0.4, 0.5) is 0 Å². The van der Waals surface area contributed by atoms with Crippen molar-refractivity contribution in [3.8, 4) is 0 Å². The molecule has 2 amide bonds. The first-order chi connectivity index (χ1) is 12.6. The molecule has 2 aromatic carbocycles. The van der Waals surface area contributed by atoms with Crippen molar-refractivity contribution < 1.29 is 9.59 Å². The van der Waals surface area contributed by atoms with Crippen LogP contribution >= 0.6 is 0 Å². The zero-order valence-electron chi connectivity index (χ0n) is 15.7. The van der Waals surface area contributed by atoms with E-state index in [-0.39, 0.29) is 11.8 Å². The van der Waals surface area contributed by atoms with Crippen molar-refractivity contribution in [3.63, 3.8) is 0 Å². The van der Waals surface area contributed by atoms with Crippen molar-refractivity contribution in [2.75, 3.05) is 13.1 Å². The highest BCUT2D eigenvalue weighted by atomic mass is 16.2. The van der Waals surface area contributed by atoms with E-state index in [0.29, 0.717) is 24.2 Å². The van der Waals surface area contributed by atoms with E-state index in [0.717, 1.165) is 36.8 Å². The van der Waals surface area contributed by atoms with Gasteiger partial charge in [0.15, 0.2) is 0 Å². The molecule has 2 N–H and O–H groups in total. The van der Waals surface area contributed by atoms with Gasteiger partial charge in [0.25, 0.3) is 11.8 Å². The summed E-state index contributed by atoms with van der Waals surface area (Å²) in [7, 11) is 0. The molecule has 2 aromatic rings. The highest BCUT2D eigenvalue weighted by molar-refractivity contribution is 5.94. The average molecular weight is 352 g/mol. The number of carbonyl (C=O) groups is 2. The molecule has 4 heteroatoms. The highest BCUT2D eigenvalue weighted by Crippen LogP contribution is 2.05. The lowest BCUT2D eigenvalue weighted by Crippen LogP contribution is -2.25. The number of carbonyl (C=O) groups excluding carboxylic acids is 2. The fourth-order valence-electron chi connectivity index (χ4n) is 2.62. The van der Waals surface area contributed by atoms with E-state index in [2.05, 4.69) is 10.6 Å². The van der Waals surface area contributed by atoms with Crippen LogP contribution in [-0.4, -0.2) is 24.9 Å². The summed E-state index contributed by atoms with van der Waals surface area (Å²) in [5.74, 6) is -0.0364. The summed E-state index contributed by atoms with van der Waals surface area (Å²) < 4.78 is 0. The summed E-state index contributed by atoms with van der Waals surface area (Å²) in [4.78, 5) is 23.9. The van der Waals surface area contributed by atoms with E-state index < -0.39 is 0 Å². The second kappa shape index (κ2) is 10.4. The van der Waals surface area contributed by atoms with E-state index >= 15 is 0 Å². The van der Waals surface area contributed by atoms with Gasteiger partial charge in [-0.3, -0.25) is 9.59 Å². The number of rotatable bonds is 9. The monoisotopic (exact) mass is 352 g/mol. The SMILES string of the molecule is Cc1ccc(C(=O)NCCCCCCNC(=O)c2ccc(C)cc2)cc1. The molecule has 0 aliphatic carbocycles. The quantitative estimate of drug-likeness (QED) is 0.670. The van der Waals surface area contributed by atoms with Crippen molar-refractivity contribution in [1.29, 1.82) is 0 Å². The maximum atomic E-state index is 12.0. The molecule has 0 unspecified atom stereocenters. The lowest BCUT2D eigenvalue weighted by Gasteiger charge is -2.07. The van der Waals surface area contributed by atoms with Crippen LogP contribution in [-0.2, 0) is 0 Å². The Labute approximate surface area is 156 Å². The van der Waals surface area contributed by atoms with Gasteiger partial charge < -0.3 is 10.6 Å². The Hall–Kier alpha value is -2.62. The molecule has 0 radical (unpaired) electrons. The van der Waals surface area contributed by atoms with Crippen molar-refractivity contribution in [3.05, 3.63) is 70.8 Å². The molecule has 0 aliphatic rings. The molecule has 2 rings (SSSR count). The topological polar surface area (TPSA) is 58.2 Å². The number of amides is 2. The van der Waals surface area contributed by atoms with Crippen molar-refractivity contribution in [1.82, 2.24) is 10.6 Å². The lowest BCUT2D eigenvalue weighted by atomic mass is 10.1. The molecule has 138 valence electrons. The van der Waals surface area contributed by atoms with Crippen molar-refractivity contribution in [2.45, 2.75) is 39.5 Å². The van der Waals surface area contributed by atoms with Crippen LogP contribution in [0, 0.1) is 13.8 Å². The van der Waals surface area contributed by atoms with Gasteiger partial charge >= 0.3 is 0 Å². The van der Waals surface area contributed by atoms with Crippen LogP contribution in [0.1, 0.15) is 57.5 Å². The van der Waals surface area contributed by atoms with Gasteiger partial charge in [0.05, 0.1) is 0 Å². The Morgan fingerprint density at radius 2 is 0.962 bits per heavy atom. The number of aryl methyl sites for hydroxylation is 2. The van der Waals surface area contributed by atoms with E-state index in [9.17, 15) is 9.59 Å². The molecule has 0 saturated carbocycles. The first-order valence-corrected chi connectivity index (χ1v) is 9.26. The summed E-state index contributed by atoms with van der Waals surface area (Å²) >= 11 is 0. The number of hydrogen-bond acceptors (Lipinski definition) is 2. The molecule has 0 bridgehead atoms. The third kappa shape index (κ3) is 6.71. The molecule has 0 fully saturated rings. The van der Waals surface area contributed by atoms with E-state index in [1.54, 1.807) is 0 Å². The number of unbranched alkanes of at least 4 members (excludes halogenated alkanes) is 3. The van der Waals surface area contributed by atoms with Gasteiger partial charge in [-0.1, -0.05) is 48.2 Å². The van der Waals surface area contributed by atoms with Gasteiger partial charge in [-0.05, 0) is 51.0 Å². The summed E-state index contributed by atoms with van der Waals surface area (Å²) in [6, 6.07) is 15.2. The van der Waals surface area contributed by atoms with Gasteiger partial charge in [0, 0.05) is 24.2 Å². The lowest BCUT2D eigenvalue weighted by molar-refractivity contribution is 0.0943. The normalized spacial score (nSPS) is 10.4. The smallest absolute Gasteiger partial charge is 0.251 e. The Morgan fingerprint density at radius 1 is 0.615 bits per heavy atom. The molecule has 0 atom stereocenters. The van der Waals surface area contributed by atoms with Gasteiger partial charge in [-0.15, -0.1) is 0 Å². The summed E-state index contributed by atoms with van der Waals surface area (Å²) in [6.07, 6.45) is 3.97. The molecule has 4 nitrogen and oxygen atoms in total. The summed E-state index contributed by atoms with van der Waals surface area (Å²) in [5, 5.41) is 5.89. The fraction of sp³-hybridized carbons (Fsp3) is 0.364. The second-order valence-electron chi connectivity index (χ2n) is 6.66. The minimum atomic E-state index is -0.0182. The third-order valence-corrected chi connectivity index (χ3v) is 4.30. The van der Waals surface area contributed by atoms with Crippen molar-refractivity contribution >= 4 is 11.8 Å². The number of nitrogens with one attached hydrogen (secondary N) is 2. The maximum absolute atomic E-state index is 12.0. The molecule has 0 aliphatic heterocycles. The van der Waals surface area contributed by atoms with Gasteiger partial charge in [0.1, 0.15) is 0 Å². The Morgan fingerprint density at radius 3 is 1.31 bits per heavy atom. The molecule has 0 saturated heterocycles. The summed E-state index contributed by atoms with van der Waals surface area (Å²) in [5.41, 5.74) is 3.70. The van der Waals surface area contributed by atoms with Crippen LogP contribution in [0.3, 0.4) is 0 Å². The summed E-state index contributed by atoms with van der Waals surface area (Å²) in [6.45, 7) is 5.38. The van der Waals surface area contributed by atoms with Gasteiger partial charge in [-0.25, -0.2) is 0 Å². The Balaban J connectivity index is 1.51. The minimum absolute atomic E-state index is 0.0182. The van der Waals surface area contributed by atoms with Crippen LogP contribution in [0.25, 0.3) is 0 Å². The van der Waals surface area contributed by atoms with E-state index in [4.69, 9.17) is 0 Å². The standard InChI is InChI=1S/C22H28N2O2/c1-17-7-11-19(12-8-17)21(25)23-15-5-3-4-6-16-24-22(26)20-13-9-18(2)10-14-20/h7-14H,3-6,15-16H2,1-2H3,(H,23,25)(H,24,26). The van der Waals surface area contributed by atoms with Gasteiger partial charge in [0.2, 0.25) is 0 Å². The average Bonchev–Trinajstić information content (AvgIpc) is 2.64. The minimum Gasteiger partial charge on any atom is -0.352 e. The predicted octanol–water partition coefficient (Wildman–Crippen LogP) is 4.02. The van der Waals surface area contributed by atoms with Crippen LogP contribution in [0.15, 0.2) is 48.5 Å². The highest BCUT2D eigenvalue weighted by Gasteiger charge is 2.05. The first kappa shape index (κ1) is 19.7. The molecular weight excluding hydrogens is 324 g/mol. The predicted molar refractivity (Wildman–Crippen MR) is 105 cm³/mol. The first-order valence-electron chi connectivity index (χ1n) is 9.26. The molecule has 26 heavy (non-hydrogen) atoms. The fourth-order valence-corrected chi connectivity index (χ4v) is 2.62. The Bertz CT molecular complexity index is 642. The zero-order valence-corrected chi connectivity index (χ0v) is 15.7. The third-order valence-electron chi connectivity index (χ3n) is 4.30. The van der Waals surface area contributed by atoms with E-state index in [1.807, 2.05) is 62.4 Å². The molecular formula is C22H28N2O2. The number of hydrogen-bond donors (Lipinski definition) is 2. The number of benzene rings is 2. The van der Waals surface area contributed by atoms with Crippen LogP contribution < -0.4 is 10.6 Å². The molecule has 0 aromatic heterocycles. The maximum Gasteiger partial charge on any atom is 0.251 e. The van der Waals surface area contributed by atoms with Crippen molar-refractivity contribution in [2.24, 2.45) is 0 Å². The Kier molecular flexibility index (Phi) is 7.87. The van der Waals surface area contributed by atoms with E-state index in [1.165, 1.54) is 0 Å². The zero-order chi connectivity index (χ0) is 18.8. The van der Waals surface area contributed by atoms with Gasteiger partial charge in [-0.2, -0.15) is 0 Å². The largest absolute Gasteiger partial charge is 0.352 e.